The zero-order chi connectivity index (χ0) is 13.0. The van der Waals surface area contributed by atoms with Crippen LogP contribution in [0.1, 0.15) is 34.8 Å². The number of carbonyl (C=O) groups is 1. The molecule has 2 aromatic heterocycles. The van der Waals surface area contributed by atoms with Gasteiger partial charge in [0, 0.05) is 10.9 Å². The highest BCUT2D eigenvalue weighted by atomic mass is 32.1. The normalized spacial score (nSPS) is 12.1. The van der Waals surface area contributed by atoms with Crippen molar-refractivity contribution in [1.82, 2.24) is 10.3 Å². The molecule has 1 amide bonds. The maximum atomic E-state index is 12.0. The Balaban J connectivity index is 2.13. The molecule has 18 heavy (non-hydrogen) atoms. The van der Waals surface area contributed by atoms with Gasteiger partial charge in [-0.05, 0) is 23.9 Å². The van der Waals surface area contributed by atoms with Gasteiger partial charge >= 0.3 is 0 Å². The summed E-state index contributed by atoms with van der Waals surface area (Å²) in [5, 5.41) is 4.89. The molecule has 0 bridgehead atoms. The Morgan fingerprint density at radius 2 is 2.22 bits per heavy atom. The van der Waals surface area contributed by atoms with Gasteiger partial charge in [-0.2, -0.15) is 0 Å². The van der Waals surface area contributed by atoms with Crippen LogP contribution < -0.4 is 10.9 Å². The van der Waals surface area contributed by atoms with Gasteiger partial charge in [0.2, 0.25) is 5.56 Å². The highest BCUT2D eigenvalue weighted by Gasteiger charge is 2.15. The molecular formula is C13H14N2O2S. The van der Waals surface area contributed by atoms with Gasteiger partial charge in [0.05, 0.1) is 6.04 Å². The number of nitrogens with one attached hydrogen (secondary N) is 2. The highest BCUT2D eigenvalue weighted by molar-refractivity contribution is 7.10. The second-order valence-corrected chi connectivity index (χ2v) is 4.86. The van der Waals surface area contributed by atoms with Crippen LogP contribution in [0.25, 0.3) is 0 Å². The van der Waals surface area contributed by atoms with E-state index in [1.165, 1.54) is 6.07 Å². The molecule has 2 rings (SSSR count). The molecule has 0 saturated carbocycles. The van der Waals surface area contributed by atoms with Crippen LogP contribution in [0.3, 0.4) is 0 Å². The van der Waals surface area contributed by atoms with Crippen LogP contribution in [0.5, 0.6) is 0 Å². The number of H-pyrrole nitrogens is 1. The van der Waals surface area contributed by atoms with E-state index in [2.05, 4.69) is 10.3 Å². The quantitative estimate of drug-likeness (QED) is 0.888. The van der Waals surface area contributed by atoms with E-state index in [4.69, 9.17) is 0 Å². The van der Waals surface area contributed by atoms with Crippen LogP contribution >= 0.6 is 11.3 Å². The fourth-order valence-corrected chi connectivity index (χ4v) is 2.54. The molecule has 2 heterocycles. The zero-order valence-electron chi connectivity index (χ0n) is 9.97. The molecule has 0 spiro atoms. The number of amides is 1. The third kappa shape index (κ3) is 2.87. The van der Waals surface area contributed by atoms with Gasteiger partial charge in [0.1, 0.15) is 5.69 Å². The summed E-state index contributed by atoms with van der Waals surface area (Å²) in [5.41, 5.74) is 0.0179. The van der Waals surface area contributed by atoms with E-state index < -0.39 is 0 Å². The summed E-state index contributed by atoms with van der Waals surface area (Å²) < 4.78 is 0. The van der Waals surface area contributed by atoms with E-state index in [9.17, 15) is 9.59 Å². The topological polar surface area (TPSA) is 62.0 Å². The Labute approximate surface area is 109 Å². The average Bonchev–Trinajstić information content (AvgIpc) is 2.89. The number of thiophene rings is 1. The van der Waals surface area contributed by atoms with Crippen LogP contribution in [-0.2, 0) is 0 Å². The molecule has 4 nitrogen and oxygen atoms in total. The first-order valence-corrected chi connectivity index (χ1v) is 6.62. The van der Waals surface area contributed by atoms with E-state index in [-0.39, 0.29) is 23.2 Å². The summed E-state index contributed by atoms with van der Waals surface area (Å²) >= 11 is 1.61. The molecule has 94 valence electrons. The van der Waals surface area contributed by atoms with Crippen molar-refractivity contribution in [2.24, 2.45) is 0 Å². The molecule has 0 saturated heterocycles. The number of pyridine rings is 1. The standard InChI is InChI=1S/C13H14N2O2S/c1-2-9(11-6-4-8-18-11)15-13(17)10-5-3-7-12(16)14-10/h3-9H,2H2,1H3,(H,14,16)(H,15,17). The average molecular weight is 262 g/mol. The van der Waals surface area contributed by atoms with Crippen LogP contribution in [-0.4, -0.2) is 10.9 Å². The predicted octanol–water partition coefficient (Wildman–Crippen LogP) is 2.32. The molecule has 2 aromatic rings. The van der Waals surface area contributed by atoms with Crippen molar-refractivity contribution in [3.05, 3.63) is 56.6 Å². The van der Waals surface area contributed by atoms with E-state index in [1.807, 2.05) is 24.4 Å². The van der Waals surface area contributed by atoms with Gasteiger partial charge in [0.25, 0.3) is 5.91 Å². The Morgan fingerprint density at radius 3 is 2.83 bits per heavy atom. The molecular weight excluding hydrogens is 248 g/mol. The van der Waals surface area contributed by atoms with Gasteiger partial charge in [0.15, 0.2) is 0 Å². The second kappa shape index (κ2) is 5.64. The van der Waals surface area contributed by atoms with Crippen molar-refractivity contribution in [1.29, 1.82) is 0 Å². The largest absolute Gasteiger partial charge is 0.343 e. The predicted molar refractivity (Wildman–Crippen MR) is 71.9 cm³/mol. The van der Waals surface area contributed by atoms with Gasteiger partial charge in [-0.3, -0.25) is 9.59 Å². The van der Waals surface area contributed by atoms with Crippen molar-refractivity contribution < 1.29 is 4.79 Å². The van der Waals surface area contributed by atoms with Crippen molar-refractivity contribution in [2.75, 3.05) is 0 Å². The summed E-state index contributed by atoms with van der Waals surface area (Å²) in [7, 11) is 0. The first-order valence-electron chi connectivity index (χ1n) is 5.74. The molecule has 1 atom stereocenters. The smallest absolute Gasteiger partial charge is 0.268 e. The maximum Gasteiger partial charge on any atom is 0.268 e. The van der Waals surface area contributed by atoms with Gasteiger partial charge in [-0.1, -0.05) is 19.1 Å². The number of aromatic nitrogens is 1. The molecule has 0 aliphatic carbocycles. The minimum atomic E-state index is -0.271. The lowest BCUT2D eigenvalue weighted by Gasteiger charge is -2.15. The molecule has 2 N–H and O–H groups in total. The van der Waals surface area contributed by atoms with E-state index in [0.717, 1.165) is 11.3 Å². The van der Waals surface area contributed by atoms with E-state index in [1.54, 1.807) is 23.5 Å². The Bertz CT molecular complexity index is 575. The number of hydrogen-bond acceptors (Lipinski definition) is 3. The number of rotatable bonds is 4. The Hall–Kier alpha value is -1.88. The molecule has 0 aliphatic rings. The van der Waals surface area contributed by atoms with Crippen LogP contribution in [0.2, 0.25) is 0 Å². The lowest BCUT2D eigenvalue weighted by Crippen LogP contribution is -2.29. The summed E-state index contributed by atoms with van der Waals surface area (Å²) in [6.07, 6.45) is 0.809. The summed E-state index contributed by atoms with van der Waals surface area (Å²) in [6.45, 7) is 2.01. The first-order chi connectivity index (χ1) is 8.70. The van der Waals surface area contributed by atoms with Crippen molar-refractivity contribution in [3.8, 4) is 0 Å². The number of aromatic amines is 1. The third-order valence-electron chi connectivity index (χ3n) is 2.61. The van der Waals surface area contributed by atoms with Gasteiger partial charge in [-0.25, -0.2) is 0 Å². The number of carbonyl (C=O) groups excluding carboxylic acids is 1. The highest BCUT2D eigenvalue weighted by Crippen LogP contribution is 2.21. The lowest BCUT2D eigenvalue weighted by atomic mass is 10.2. The SMILES string of the molecule is CCC(NC(=O)c1cccc(=O)[nH]1)c1cccs1. The summed E-state index contributed by atoms with van der Waals surface area (Å²) in [5.74, 6) is -0.257. The third-order valence-corrected chi connectivity index (χ3v) is 3.60. The monoisotopic (exact) mass is 262 g/mol. The van der Waals surface area contributed by atoms with Crippen molar-refractivity contribution >= 4 is 17.2 Å². The maximum absolute atomic E-state index is 12.0. The summed E-state index contributed by atoms with van der Waals surface area (Å²) in [6, 6.07) is 8.48. The molecule has 5 heteroatoms. The summed E-state index contributed by atoms with van der Waals surface area (Å²) in [4.78, 5) is 26.8. The molecule has 0 radical (unpaired) electrons. The molecule has 0 fully saturated rings. The minimum absolute atomic E-state index is 0.0128. The van der Waals surface area contributed by atoms with Crippen molar-refractivity contribution in [3.63, 3.8) is 0 Å². The Morgan fingerprint density at radius 1 is 1.39 bits per heavy atom. The lowest BCUT2D eigenvalue weighted by molar-refractivity contribution is 0.0931. The molecule has 1 unspecified atom stereocenters. The second-order valence-electron chi connectivity index (χ2n) is 3.88. The Kier molecular flexibility index (Phi) is 3.94. The molecule has 0 aromatic carbocycles. The minimum Gasteiger partial charge on any atom is -0.343 e. The molecule has 0 aliphatic heterocycles. The van der Waals surface area contributed by atoms with Crippen LogP contribution in [0.4, 0.5) is 0 Å². The van der Waals surface area contributed by atoms with Crippen LogP contribution in [0.15, 0.2) is 40.5 Å². The van der Waals surface area contributed by atoms with Crippen LogP contribution in [0, 0.1) is 0 Å². The van der Waals surface area contributed by atoms with E-state index >= 15 is 0 Å². The first kappa shape index (κ1) is 12.6. The van der Waals surface area contributed by atoms with Gasteiger partial charge in [-0.15, -0.1) is 11.3 Å². The number of hydrogen-bond donors (Lipinski definition) is 2. The van der Waals surface area contributed by atoms with E-state index in [0.29, 0.717) is 0 Å². The fourth-order valence-electron chi connectivity index (χ4n) is 1.68. The van der Waals surface area contributed by atoms with Crippen molar-refractivity contribution in [2.45, 2.75) is 19.4 Å². The zero-order valence-corrected chi connectivity index (χ0v) is 10.8. The van der Waals surface area contributed by atoms with Gasteiger partial charge < -0.3 is 10.3 Å². The fraction of sp³-hybridized carbons (Fsp3) is 0.231.